The van der Waals surface area contributed by atoms with Crippen molar-refractivity contribution < 1.29 is 32.0 Å². The standard InChI is InChI=1S/C8H7F3N2O4/c1-4-5(2-3-16-4)12-7(15)13-17-6(14)8(9,10)11/h2-3H,1H3,(H2,12,13,15). The number of carbonyl (C=O) groups excluding carboxylic acids is 2. The Morgan fingerprint density at radius 1 is 1.41 bits per heavy atom. The Morgan fingerprint density at radius 3 is 2.53 bits per heavy atom. The van der Waals surface area contributed by atoms with Gasteiger partial charge in [-0.3, -0.25) is 0 Å². The van der Waals surface area contributed by atoms with Crippen molar-refractivity contribution in [2.24, 2.45) is 0 Å². The molecule has 6 nitrogen and oxygen atoms in total. The van der Waals surface area contributed by atoms with Crippen LogP contribution < -0.4 is 10.8 Å². The molecule has 1 rings (SSSR count). The van der Waals surface area contributed by atoms with Crippen molar-refractivity contribution in [2.45, 2.75) is 13.1 Å². The monoisotopic (exact) mass is 252 g/mol. The number of anilines is 1. The second-order valence-electron chi connectivity index (χ2n) is 2.83. The fourth-order valence-electron chi connectivity index (χ4n) is 0.813. The van der Waals surface area contributed by atoms with Crippen LogP contribution in [0.25, 0.3) is 0 Å². The zero-order valence-electron chi connectivity index (χ0n) is 8.42. The van der Waals surface area contributed by atoms with E-state index in [0.29, 0.717) is 5.76 Å². The molecule has 0 aliphatic heterocycles. The average Bonchev–Trinajstić information content (AvgIpc) is 2.59. The van der Waals surface area contributed by atoms with Gasteiger partial charge in [0, 0.05) is 6.07 Å². The molecule has 0 unspecified atom stereocenters. The number of hydrogen-bond acceptors (Lipinski definition) is 4. The third-order valence-corrected chi connectivity index (χ3v) is 1.57. The van der Waals surface area contributed by atoms with Crippen LogP contribution in [0.15, 0.2) is 16.7 Å². The van der Waals surface area contributed by atoms with Crippen LogP contribution in [0.2, 0.25) is 0 Å². The van der Waals surface area contributed by atoms with E-state index in [9.17, 15) is 22.8 Å². The first-order chi connectivity index (χ1) is 7.80. The number of amides is 2. The van der Waals surface area contributed by atoms with Crippen molar-refractivity contribution in [3.63, 3.8) is 0 Å². The highest BCUT2D eigenvalue weighted by Crippen LogP contribution is 2.16. The van der Waals surface area contributed by atoms with Gasteiger partial charge in [-0.05, 0) is 6.92 Å². The Labute approximate surface area is 92.7 Å². The van der Waals surface area contributed by atoms with Gasteiger partial charge in [-0.1, -0.05) is 0 Å². The van der Waals surface area contributed by atoms with Crippen molar-refractivity contribution in [1.29, 1.82) is 0 Å². The van der Waals surface area contributed by atoms with Gasteiger partial charge in [-0.2, -0.15) is 18.7 Å². The van der Waals surface area contributed by atoms with Crippen LogP contribution >= 0.6 is 0 Å². The molecule has 0 saturated heterocycles. The van der Waals surface area contributed by atoms with E-state index in [0.717, 1.165) is 0 Å². The maximum Gasteiger partial charge on any atom is 0.493 e. The van der Waals surface area contributed by atoms with Gasteiger partial charge < -0.3 is 14.6 Å². The molecule has 17 heavy (non-hydrogen) atoms. The topological polar surface area (TPSA) is 80.6 Å². The first kappa shape index (κ1) is 12.9. The minimum Gasteiger partial charge on any atom is -0.467 e. The largest absolute Gasteiger partial charge is 0.493 e. The summed E-state index contributed by atoms with van der Waals surface area (Å²) in [5, 5.41) is 2.11. The summed E-state index contributed by atoms with van der Waals surface area (Å²) in [6.07, 6.45) is -3.90. The fourth-order valence-corrected chi connectivity index (χ4v) is 0.813. The molecule has 1 aromatic rings. The summed E-state index contributed by atoms with van der Waals surface area (Å²) in [7, 11) is 0. The van der Waals surface area contributed by atoms with Gasteiger partial charge in [0.15, 0.2) is 0 Å². The summed E-state index contributed by atoms with van der Waals surface area (Å²) < 4.78 is 39.9. The van der Waals surface area contributed by atoms with Crippen molar-refractivity contribution in [3.8, 4) is 0 Å². The quantitative estimate of drug-likeness (QED) is 0.746. The molecule has 0 spiro atoms. The first-order valence-electron chi connectivity index (χ1n) is 4.20. The summed E-state index contributed by atoms with van der Waals surface area (Å²) in [6.45, 7) is 1.53. The zero-order valence-corrected chi connectivity index (χ0v) is 8.42. The second-order valence-corrected chi connectivity index (χ2v) is 2.83. The Balaban J connectivity index is 2.42. The normalized spacial score (nSPS) is 10.8. The van der Waals surface area contributed by atoms with E-state index < -0.39 is 18.2 Å². The molecule has 1 aromatic heterocycles. The van der Waals surface area contributed by atoms with E-state index in [1.54, 1.807) is 0 Å². The highest BCUT2D eigenvalue weighted by molar-refractivity contribution is 5.90. The molecule has 0 aliphatic carbocycles. The fraction of sp³-hybridized carbons (Fsp3) is 0.250. The summed E-state index contributed by atoms with van der Waals surface area (Å²) in [5.74, 6) is -2.17. The van der Waals surface area contributed by atoms with Gasteiger partial charge in [-0.25, -0.2) is 9.59 Å². The molecule has 94 valence electrons. The molecule has 2 N–H and O–H groups in total. The smallest absolute Gasteiger partial charge is 0.467 e. The van der Waals surface area contributed by atoms with E-state index in [1.807, 2.05) is 0 Å². The Hall–Kier alpha value is -2.19. The lowest BCUT2D eigenvalue weighted by molar-refractivity contribution is -0.204. The number of hydroxylamine groups is 1. The molecule has 0 bridgehead atoms. The number of hydrogen-bond donors (Lipinski definition) is 2. The number of furan rings is 1. The summed E-state index contributed by atoms with van der Waals surface area (Å²) >= 11 is 0. The van der Waals surface area contributed by atoms with Crippen LogP contribution in [-0.2, 0) is 9.63 Å². The van der Waals surface area contributed by atoms with Gasteiger partial charge in [0.2, 0.25) is 0 Å². The van der Waals surface area contributed by atoms with Crippen molar-refractivity contribution in [1.82, 2.24) is 5.48 Å². The summed E-state index contributed by atoms with van der Waals surface area (Å²) in [4.78, 5) is 24.7. The van der Waals surface area contributed by atoms with Crippen LogP contribution in [-0.4, -0.2) is 18.2 Å². The number of aryl methyl sites for hydroxylation is 1. The molecule has 9 heteroatoms. The van der Waals surface area contributed by atoms with Crippen LogP contribution in [0.5, 0.6) is 0 Å². The van der Waals surface area contributed by atoms with E-state index in [2.05, 4.69) is 10.2 Å². The second kappa shape index (κ2) is 4.76. The van der Waals surface area contributed by atoms with Gasteiger partial charge in [0.25, 0.3) is 0 Å². The lowest BCUT2D eigenvalue weighted by Crippen LogP contribution is -2.36. The van der Waals surface area contributed by atoms with Crippen molar-refractivity contribution in [3.05, 3.63) is 18.1 Å². The molecule has 0 saturated carbocycles. The van der Waals surface area contributed by atoms with Gasteiger partial charge in [0.05, 0.1) is 12.0 Å². The van der Waals surface area contributed by atoms with Crippen molar-refractivity contribution >= 4 is 17.7 Å². The maximum atomic E-state index is 11.7. The van der Waals surface area contributed by atoms with Gasteiger partial charge >= 0.3 is 18.2 Å². The maximum absolute atomic E-state index is 11.7. The number of nitrogens with one attached hydrogen (secondary N) is 2. The SMILES string of the molecule is Cc1occc1NC(=O)NOC(=O)C(F)(F)F. The van der Waals surface area contributed by atoms with Crippen LogP contribution in [0, 0.1) is 6.92 Å². The molecule has 2 amide bonds. The molecular formula is C8H7F3N2O4. The molecule has 0 atom stereocenters. The number of halogens is 3. The van der Waals surface area contributed by atoms with E-state index in [-0.39, 0.29) is 5.69 Å². The third kappa shape index (κ3) is 3.70. The molecule has 0 radical (unpaired) electrons. The minimum atomic E-state index is -5.17. The van der Waals surface area contributed by atoms with E-state index in [4.69, 9.17) is 4.42 Å². The summed E-state index contributed by atoms with van der Waals surface area (Å²) in [5.41, 5.74) is 1.53. The van der Waals surface area contributed by atoms with Gasteiger partial charge in [-0.15, -0.1) is 0 Å². The van der Waals surface area contributed by atoms with Crippen LogP contribution in [0.3, 0.4) is 0 Å². The van der Waals surface area contributed by atoms with E-state index in [1.165, 1.54) is 24.7 Å². The lowest BCUT2D eigenvalue weighted by Gasteiger charge is -2.08. The lowest BCUT2D eigenvalue weighted by atomic mass is 10.4. The van der Waals surface area contributed by atoms with Crippen LogP contribution in [0.1, 0.15) is 5.76 Å². The Kier molecular flexibility index (Phi) is 3.61. The molecule has 0 aliphatic rings. The predicted octanol–water partition coefficient (Wildman–Crippen LogP) is 1.73. The van der Waals surface area contributed by atoms with Crippen molar-refractivity contribution in [2.75, 3.05) is 5.32 Å². The number of urea groups is 1. The number of rotatable bonds is 1. The Bertz CT molecular complexity index is 427. The third-order valence-electron chi connectivity index (χ3n) is 1.57. The zero-order chi connectivity index (χ0) is 13.1. The minimum absolute atomic E-state index is 0.241. The van der Waals surface area contributed by atoms with E-state index >= 15 is 0 Å². The highest BCUT2D eigenvalue weighted by Gasteiger charge is 2.42. The highest BCUT2D eigenvalue weighted by atomic mass is 19.4. The predicted molar refractivity (Wildman–Crippen MR) is 47.7 cm³/mol. The molecule has 0 fully saturated rings. The number of alkyl halides is 3. The Morgan fingerprint density at radius 2 is 2.06 bits per heavy atom. The molecule has 1 heterocycles. The molecular weight excluding hydrogens is 245 g/mol. The first-order valence-corrected chi connectivity index (χ1v) is 4.20. The summed E-state index contributed by atoms with van der Waals surface area (Å²) in [6, 6.07) is 0.243. The average molecular weight is 252 g/mol. The number of carbonyl (C=O) groups is 2. The van der Waals surface area contributed by atoms with Crippen LogP contribution in [0.4, 0.5) is 23.7 Å². The van der Waals surface area contributed by atoms with Gasteiger partial charge in [0.1, 0.15) is 5.76 Å². The molecule has 0 aromatic carbocycles.